The predicted octanol–water partition coefficient (Wildman–Crippen LogP) is 5.31. The van der Waals surface area contributed by atoms with E-state index in [-0.39, 0.29) is 40.2 Å². The van der Waals surface area contributed by atoms with Crippen LogP contribution in [0, 0.1) is 11.7 Å². The molecular formula is C29H32Cl2FN3O4S. The third kappa shape index (κ3) is 8.68. The van der Waals surface area contributed by atoms with Gasteiger partial charge in [0.25, 0.3) is 0 Å². The monoisotopic (exact) mass is 607 g/mol. The van der Waals surface area contributed by atoms with E-state index in [0.717, 1.165) is 16.1 Å². The maximum absolute atomic E-state index is 14.8. The zero-order chi connectivity index (χ0) is 29.4. The van der Waals surface area contributed by atoms with Crippen molar-refractivity contribution in [3.63, 3.8) is 0 Å². The molecule has 2 amide bonds. The van der Waals surface area contributed by atoms with Gasteiger partial charge in [0.1, 0.15) is 18.4 Å². The number of carbonyl (C=O) groups is 2. The lowest BCUT2D eigenvalue weighted by Crippen LogP contribution is -2.53. The van der Waals surface area contributed by atoms with Crippen LogP contribution in [0.15, 0.2) is 72.8 Å². The van der Waals surface area contributed by atoms with E-state index in [1.54, 1.807) is 6.07 Å². The fourth-order valence-electron chi connectivity index (χ4n) is 4.04. The summed E-state index contributed by atoms with van der Waals surface area (Å²) in [5, 5.41) is 3.20. The Hall–Kier alpha value is -3.14. The predicted molar refractivity (Wildman–Crippen MR) is 157 cm³/mol. The lowest BCUT2D eigenvalue weighted by Gasteiger charge is -2.33. The number of halogens is 3. The summed E-state index contributed by atoms with van der Waals surface area (Å²) in [5.41, 5.74) is 1.09. The molecule has 0 aliphatic heterocycles. The van der Waals surface area contributed by atoms with Gasteiger partial charge < -0.3 is 10.2 Å². The second kappa shape index (κ2) is 14.0. The van der Waals surface area contributed by atoms with Crippen molar-refractivity contribution in [3.8, 4) is 0 Å². The largest absolute Gasteiger partial charge is 0.354 e. The highest BCUT2D eigenvalue weighted by molar-refractivity contribution is 7.92. The molecule has 0 bridgehead atoms. The molecule has 0 aliphatic rings. The standard InChI is InChI=1S/C29H32Cl2FN3O4S/c1-20(2)17-33-29(37)27(15-21-9-5-4-6-10-21)34(18-22-11-7-8-12-26(22)32)28(36)19-35(40(3,38)39)23-13-14-24(30)25(31)16-23/h4-14,16,20,27H,15,17-19H2,1-3H3,(H,33,37). The third-order valence-corrected chi connectivity index (χ3v) is 8.00. The molecule has 1 atom stereocenters. The molecule has 1 N–H and O–H groups in total. The Morgan fingerprint density at radius 2 is 1.60 bits per heavy atom. The van der Waals surface area contributed by atoms with E-state index in [1.807, 2.05) is 44.2 Å². The van der Waals surface area contributed by atoms with Crippen LogP contribution in [-0.2, 0) is 32.6 Å². The molecule has 214 valence electrons. The zero-order valence-electron chi connectivity index (χ0n) is 22.5. The number of carbonyl (C=O) groups excluding carboxylic acids is 2. The summed E-state index contributed by atoms with van der Waals surface area (Å²) in [6.45, 7) is 3.35. The summed E-state index contributed by atoms with van der Waals surface area (Å²) in [6, 6.07) is 18.2. The highest BCUT2D eigenvalue weighted by atomic mass is 35.5. The number of amides is 2. The van der Waals surface area contributed by atoms with Gasteiger partial charge >= 0.3 is 0 Å². The summed E-state index contributed by atoms with van der Waals surface area (Å²) >= 11 is 12.1. The second-order valence-corrected chi connectivity index (χ2v) is 12.5. The van der Waals surface area contributed by atoms with Gasteiger partial charge in [-0.15, -0.1) is 0 Å². The van der Waals surface area contributed by atoms with Gasteiger partial charge in [0, 0.05) is 25.1 Å². The van der Waals surface area contributed by atoms with Gasteiger partial charge in [0.05, 0.1) is 22.0 Å². The average Bonchev–Trinajstić information content (AvgIpc) is 2.90. The maximum atomic E-state index is 14.8. The van der Waals surface area contributed by atoms with Crippen molar-refractivity contribution in [3.05, 3.63) is 99.8 Å². The van der Waals surface area contributed by atoms with Gasteiger partial charge in [-0.3, -0.25) is 13.9 Å². The first-order valence-electron chi connectivity index (χ1n) is 12.6. The van der Waals surface area contributed by atoms with E-state index in [2.05, 4.69) is 5.32 Å². The topological polar surface area (TPSA) is 86.8 Å². The lowest BCUT2D eigenvalue weighted by atomic mass is 10.0. The number of hydrogen-bond acceptors (Lipinski definition) is 4. The quantitative estimate of drug-likeness (QED) is 0.302. The van der Waals surface area contributed by atoms with Crippen LogP contribution in [0.3, 0.4) is 0 Å². The number of nitrogens with one attached hydrogen (secondary N) is 1. The first kappa shape index (κ1) is 31.4. The molecule has 0 saturated carbocycles. The summed E-state index contributed by atoms with van der Waals surface area (Å²) in [6.07, 6.45) is 1.09. The Balaban J connectivity index is 2.07. The van der Waals surface area contributed by atoms with Crippen LogP contribution in [0.4, 0.5) is 10.1 Å². The average molecular weight is 609 g/mol. The molecule has 0 radical (unpaired) electrons. The molecule has 0 saturated heterocycles. The summed E-state index contributed by atoms with van der Waals surface area (Å²) in [7, 11) is -3.97. The van der Waals surface area contributed by atoms with E-state index in [0.29, 0.717) is 6.54 Å². The van der Waals surface area contributed by atoms with Gasteiger partial charge in [0.15, 0.2) is 0 Å². The van der Waals surface area contributed by atoms with E-state index < -0.39 is 40.2 Å². The fraction of sp³-hybridized carbons (Fsp3) is 0.310. The minimum absolute atomic E-state index is 0.110. The minimum atomic E-state index is -3.97. The van der Waals surface area contributed by atoms with Crippen LogP contribution in [0.2, 0.25) is 10.0 Å². The highest BCUT2D eigenvalue weighted by Crippen LogP contribution is 2.29. The van der Waals surface area contributed by atoms with Gasteiger partial charge in [-0.05, 0) is 35.7 Å². The number of sulfonamides is 1. The first-order valence-corrected chi connectivity index (χ1v) is 15.2. The molecule has 0 aromatic heterocycles. The van der Waals surface area contributed by atoms with Crippen molar-refractivity contribution in [2.45, 2.75) is 32.9 Å². The van der Waals surface area contributed by atoms with Crippen LogP contribution in [-0.4, -0.2) is 50.5 Å². The first-order chi connectivity index (χ1) is 18.9. The molecule has 40 heavy (non-hydrogen) atoms. The van der Waals surface area contributed by atoms with E-state index in [1.165, 1.54) is 41.3 Å². The molecule has 3 aromatic rings. The normalized spacial score (nSPS) is 12.2. The minimum Gasteiger partial charge on any atom is -0.354 e. The van der Waals surface area contributed by atoms with Gasteiger partial charge in [-0.2, -0.15) is 0 Å². The fourth-order valence-corrected chi connectivity index (χ4v) is 5.17. The summed E-state index contributed by atoms with van der Waals surface area (Å²) < 4.78 is 41.3. The summed E-state index contributed by atoms with van der Waals surface area (Å²) in [5.74, 6) is -1.53. The molecule has 0 spiro atoms. The Morgan fingerprint density at radius 3 is 2.20 bits per heavy atom. The number of benzene rings is 3. The van der Waals surface area contributed by atoms with E-state index in [9.17, 15) is 22.4 Å². The Labute approximate surface area is 244 Å². The SMILES string of the molecule is CC(C)CNC(=O)C(Cc1ccccc1)N(Cc1ccccc1F)C(=O)CN(c1ccc(Cl)c(Cl)c1)S(C)(=O)=O. The van der Waals surface area contributed by atoms with Crippen LogP contribution >= 0.6 is 23.2 Å². The van der Waals surface area contributed by atoms with Crippen LogP contribution in [0.25, 0.3) is 0 Å². The van der Waals surface area contributed by atoms with Crippen molar-refractivity contribution in [1.29, 1.82) is 0 Å². The van der Waals surface area contributed by atoms with Crippen LogP contribution < -0.4 is 9.62 Å². The maximum Gasteiger partial charge on any atom is 0.244 e. The zero-order valence-corrected chi connectivity index (χ0v) is 24.8. The van der Waals surface area contributed by atoms with Crippen LogP contribution in [0.1, 0.15) is 25.0 Å². The Bertz CT molecular complexity index is 1440. The molecule has 1 unspecified atom stereocenters. The highest BCUT2D eigenvalue weighted by Gasteiger charge is 2.33. The van der Waals surface area contributed by atoms with E-state index in [4.69, 9.17) is 23.2 Å². The molecule has 0 fully saturated rings. The van der Waals surface area contributed by atoms with Crippen molar-refractivity contribution >= 4 is 50.7 Å². The molecule has 11 heteroatoms. The van der Waals surface area contributed by atoms with Gasteiger partial charge in [-0.1, -0.05) is 85.6 Å². The number of hydrogen-bond donors (Lipinski definition) is 1. The lowest BCUT2D eigenvalue weighted by molar-refractivity contribution is -0.140. The van der Waals surface area contributed by atoms with Gasteiger partial charge in [0.2, 0.25) is 21.8 Å². The molecule has 3 aromatic carbocycles. The van der Waals surface area contributed by atoms with E-state index >= 15 is 0 Å². The Kier molecular flexibility index (Phi) is 11.0. The molecule has 0 aliphatic carbocycles. The molecule has 0 heterocycles. The summed E-state index contributed by atoms with van der Waals surface area (Å²) in [4.78, 5) is 28.8. The van der Waals surface area contributed by atoms with Crippen molar-refractivity contribution in [2.24, 2.45) is 5.92 Å². The van der Waals surface area contributed by atoms with Crippen molar-refractivity contribution in [1.82, 2.24) is 10.2 Å². The Morgan fingerprint density at radius 1 is 0.950 bits per heavy atom. The van der Waals surface area contributed by atoms with Crippen molar-refractivity contribution < 1.29 is 22.4 Å². The number of anilines is 1. The number of nitrogens with zero attached hydrogens (tertiary/aromatic N) is 2. The van der Waals surface area contributed by atoms with Crippen molar-refractivity contribution in [2.75, 3.05) is 23.7 Å². The van der Waals surface area contributed by atoms with Gasteiger partial charge in [-0.25, -0.2) is 12.8 Å². The third-order valence-electron chi connectivity index (χ3n) is 6.12. The van der Waals surface area contributed by atoms with Crippen LogP contribution in [0.5, 0.6) is 0 Å². The molecule has 7 nitrogen and oxygen atoms in total. The molecular weight excluding hydrogens is 576 g/mol. The molecule has 3 rings (SSSR count). The number of rotatable bonds is 12. The smallest absolute Gasteiger partial charge is 0.244 e. The second-order valence-electron chi connectivity index (χ2n) is 9.83.